The van der Waals surface area contributed by atoms with Crippen molar-refractivity contribution in [3.8, 4) is 0 Å². The van der Waals surface area contributed by atoms with E-state index in [-0.39, 0.29) is 10.6 Å². The van der Waals surface area contributed by atoms with Gasteiger partial charge in [0.2, 0.25) is 5.82 Å². The Balaban J connectivity index is 2.63. The molecule has 0 radical (unpaired) electrons. The highest BCUT2D eigenvalue weighted by Gasteiger charge is 2.24. The first-order valence-electron chi connectivity index (χ1n) is 6.93. The van der Waals surface area contributed by atoms with Crippen molar-refractivity contribution in [2.24, 2.45) is 5.92 Å². The number of aromatic nitrogens is 2. The molecule has 0 saturated carbocycles. The Hall–Kier alpha value is -1.59. The highest BCUT2D eigenvalue weighted by atomic mass is 16.6. The molecule has 1 aromatic rings. The molecule has 0 aliphatic heterocycles. The summed E-state index contributed by atoms with van der Waals surface area (Å²) in [5.74, 6) is 1.24. The zero-order chi connectivity index (χ0) is 14.4. The Labute approximate surface area is 114 Å². The monoisotopic (exact) mass is 268 g/mol. The summed E-state index contributed by atoms with van der Waals surface area (Å²) in [4.78, 5) is 10.7. The first kappa shape index (κ1) is 15.5. The van der Waals surface area contributed by atoms with E-state index in [1.807, 2.05) is 6.92 Å². The van der Waals surface area contributed by atoms with E-state index >= 15 is 0 Å². The summed E-state index contributed by atoms with van der Waals surface area (Å²) in [6.45, 7) is 9.39. The van der Waals surface area contributed by atoms with Gasteiger partial charge in [-0.1, -0.05) is 26.7 Å². The summed E-state index contributed by atoms with van der Waals surface area (Å²) in [6, 6.07) is 0. The molecule has 19 heavy (non-hydrogen) atoms. The molecule has 0 aliphatic rings. The minimum atomic E-state index is -0.356. The van der Waals surface area contributed by atoms with Crippen molar-refractivity contribution in [1.29, 1.82) is 0 Å². The lowest BCUT2D eigenvalue weighted by Crippen LogP contribution is -2.09. The van der Waals surface area contributed by atoms with E-state index < -0.39 is 0 Å². The van der Waals surface area contributed by atoms with Crippen LogP contribution in [0.25, 0.3) is 0 Å². The quantitative estimate of drug-likeness (QED) is 0.446. The molecule has 0 unspecified atom stereocenters. The van der Waals surface area contributed by atoms with Crippen LogP contribution in [-0.2, 0) is 6.54 Å². The van der Waals surface area contributed by atoms with E-state index in [1.54, 1.807) is 11.6 Å². The lowest BCUT2D eigenvalue weighted by atomic mass is 10.1. The van der Waals surface area contributed by atoms with Gasteiger partial charge in [-0.25, -0.2) is 4.68 Å². The standard InChI is InChI=1S/C13H24N4O2/c1-5-16-13(12(17(18)19)11(4)15-16)14-9-7-6-8-10(2)3/h10,14H,5-9H2,1-4H3. The fourth-order valence-corrected chi connectivity index (χ4v) is 2.08. The van der Waals surface area contributed by atoms with E-state index in [1.165, 1.54) is 6.42 Å². The predicted molar refractivity (Wildman–Crippen MR) is 76.5 cm³/mol. The van der Waals surface area contributed by atoms with Gasteiger partial charge in [-0.2, -0.15) is 5.10 Å². The van der Waals surface area contributed by atoms with Gasteiger partial charge in [-0.3, -0.25) is 10.1 Å². The molecule has 1 N–H and O–H groups in total. The van der Waals surface area contributed by atoms with Crippen LogP contribution < -0.4 is 5.32 Å². The number of nitro groups is 1. The molecular formula is C13H24N4O2. The summed E-state index contributed by atoms with van der Waals surface area (Å²) >= 11 is 0. The molecule has 1 rings (SSSR count). The van der Waals surface area contributed by atoms with E-state index in [0.29, 0.717) is 24.0 Å². The zero-order valence-corrected chi connectivity index (χ0v) is 12.3. The third-order valence-corrected chi connectivity index (χ3v) is 3.08. The molecule has 0 bridgehead atoms. The Morgan fingerprint density at radius 1 is 1.42 bits per heavy atom. The van der Waals surface area contributed by atoms with Gasteiger partial charge in [-0.15, -0.1) is 0 Å². The van der Waals surface area contributed by atoms with Crippen molar-refractivity contribution in [2.75, 3.05) is 11.9 Å². The summed E-state index contributed by atoms with van der Waals surface area (Å²) in [7, 11) is 0. The zero-order valence-electron chi connectivity index (χ0n) is 12.3. The Morgan fingerprint density at radius 3 is 2.63 bits per heavy atom. The van der Waals surface area contributed by atoms with E-state index in [2.05, 4.69) is 24.3 Å². The number of hydrogen-bond acceptors (Lipinski definition) is 4. The van der Waals surface area contributed by atoms with Gasteiger partial charge in [0.25, 0.3) is 0 Å². The topological polar surface area (TPSA) is 73.0 Å². The van der Waals surface area contributed by atoms with Crippen LogP contribution >= 0.6 is 0 Å². The Kier molecular flexibility index (Phi) is 5.79. The maximum Gasteiger partial charge on any atom is 0.333 e. The van der Waals surface area contributed by atoms with Crippen LogP contribution in [0, 0.1) is 23.0 Å². The minimum absolute atomic E-state index is 0.103. The van der Waals surface area contributed by atoms with Crippen molar-refractivity contribution in [3.63, 3.8) is 0 Å². The first-order chi connectivity index (χ1) is 8.97. The molecule has 1 heterocycles. The number of aryl methyl sites for hydroxylation is 2. The van der Waals surface area contributed by atoms with Gasteiger partial charge < -0.3 is 5.32 Å². The summed E-state index contributed by atoms with van der Waals surface area (Å²) in [5.41, 5.74) is 0.572. The Bertz CT molecular complexity index is 427. The average Bonchev–Trinajstić information content (AvgIpc) is 2.64. The third-order valence-electron chi connectivity index (χ3n) is 3.08. The van der Waals surface area contributed by atoms with Crippen LogP contribution in [0.15, 0.2) is 0 Å². The molecule has 108 valence electrons. The minimum Gasteiger partial charge on any atom is -0.365 e. The molecule has 0 amide bonds. The number of nitrogens with one attached hydrogen (secondary N) is 1. The molecule has 6 nitrogen and oxygen atoms in total. The van der Waals surface area contributed by atoms with Gasteiger partial charge in [0, 0.05) is 13.1 Å². The normalized spacial score (nSPS) is 11.0. The van der Waals surface area contributed by atoms with Crippen LogP contribution in [0.3, 0.4) is 0 Å². The molecule has 0 saturated heterocycles. The SMILES string of the molecule is CCn1nc(C)c([N+](=O)[O-])c1NCCCCC(C)C. The summed E-state index contributed by atoms with van der Waals surface area (Å²) < 4.78 is 1.66. The van der Waals surface area contributed by atoms with Crippen LogP contribution in [0.2, 0.25) is 0 Å². The van der Waals surface area contributed by atoms with Gasteiger partial charge >= 0.3 is 5.69 Å². The number of anilines is 1. The van der Waals surface area contributed by atoms with Crippen molar-refractivity contribution >= 4 is 11.5 Å². The van der Waals surface area contributed by atoms with Gasteiger partial charge in [0.1, 0.15) is 5.69 Å². The second-order valence-electron chi connectivity index (χ2n) is 5.17. The third kappa shape index (κ3) is 4.22. The number of rotatable bonds is 8. The van der Waals surface area contributed by atoms with E-state index in [9.17, 15) is 10.1 Å². The van der Waals surface area contributed by atoms with Crippen LogP contribution in [0.5, 0.6) is 0 Å². The lowest BCUT2D eigenvalue weighted by Gasteiger charge is -2.08. The molecular weight excluding hydrogens is 244 g/mol. The number of hydrogen-bond donors (Lipinski definition) is 1. The second kappa shape index (κ2) is 7.11. The molecule has 6 heteroatoms. The highest BCUT2D eigenvalue weighted by Crippen LogP contribution is 2.28. The molecule has 0 aromatic carbocycles. The van der Waals surface area contributed by atoms with Crippen molar-refractivity contribution in [3.05, 3.63) is 15.8 Å². The lowest BCUT2D eigenvalue weighted by molar-refractivity contribution is -0.384. The maximum atomic E-state index is 11.1. The maximum absolute atomic E-state index is 11.1. The van der Waals surface area contributed by atoms with Crippen LogP contribution in [0.1, 0.15) is 45.7 Å². The first-order valence-corrected chi connectivity index (χ1v) is 6.93. The Morgan fingerprint density at radius 2 is 2.11 bits per heavy atom. The number of nitrogens with zero attached hydrogens (tertiary/aromatic N) is 3. The summed E-state index contributed by atoms with van der Waals surface area (Å²) in [5, 5.41) is 18.4. The van der Waals surface area contributed by atoms with Crippen molar-refractivity contribution in [2.45, 2.75) is 53.5 Å². The van der Waals surface area contributed by atoms with Gasteiger partial charge in [-0.05, 0) is 26.2 Å². The smallest absolute Gasteiger partial charge is 0.333 e. The molecule has 0 aliphatic carbocycles. The van der Waals surface area contributed by atoms with Gasteiger partial charge in [0.05, 0.1) is 4.92 Å². The molecule has 0 atom stereocenters. The average molecular weight is 268 g/mol. The largest absolute Gasteiger partial charge is 0.365 e. The number of unbranched alkanes of at least 4 members (excludes halogenated alkanes) is 1. The fraction of sp³-hybridized carbons (Fsp3) is 0.769. The fourth-order valence-electron chi connectivity index (χ4n) is 2.08. The summed E-state index contributed by atoms with van der Waals surface area (Å²) in [6.07, 6.45) is 3.34. The van der Waals surface area contributed by atoms with Crippen LogP contribution in [0.4, 0.5) is 11.5 Å². The van der Waals surface area contributed by atoms with E-state index in [4.69, 9.17) is 0 Å². The highest BCUT2D eigenvalue weighted by molar-refractivity contribution is 5.59. The molecule has 1 aromatic heterocycles. The van der Waals surface area contributed by atoms with Gasteiger partial charge in [0.15, 0.2) is 0 Å². The molecule has 0 spiro atoms. The predicted octanol–water partition coefficient (Wildman–Crippen LogP) is 3.36. The second-order valence-corrected chi connectivity index (χ2v) is 5.17. The van der Waals surface area contributed by atoms with Crippen molar-refractivity contribution < 1.29 is 4.92 Å². The van der Waals surface area contributed by atoms with Crippen LogP contribution in [-0.4, -0.2) is 21.2 Å². The van der Waals surface area contributed by atoms with Crippen molar-refractivity contribution in [1.82, 2.24) is 9.78 Å². The molecule has 0 fully saturated rings. The van der Waals surface area contributed by atoms with E-state index in [0.717, 1.165) is 19.4 Å².